The molecule has 0 aliphatic carbocycles. The highest BCUT2D eigenvalue weighted by atomic mass is 35.5. The minimum atomic E-state index is -0.276. The second-order valence-corrected chi connectivity index (χ2v) is 6.60. The van der Waals surface area contributed by atoms with Gasteiger partial charge in [-0.05, 0) is 30.2 Å². The fraction of sp³-hybridized carbons (Fsp3) is 0.250. The van der Waals surface area contributed by atoms with Crippen LogP contribution in [0.15, 0.2) is 47.4 Å². The summed E-state index contributed by atoms with van der Waals surface area (Å²) in [5, 5.41) is 0.453. The van der Waals surface area contributed by atoms with Crippen LogP contribution in [0.3, 0.4) is 0 Å². The molecular formula is C16H16ClFN2S. The number of rotatable bonds is 4. The van der Waals surface area contributed by atoms with Crippen molar-refractivity contribution in [2.45, 2.75) is 23.3 Å². The van der Waals surface area contributed by atoms with Gasteiger partial charge < -0.3 is 0 Å². The van der Waals surface area contributed by atoms with Crippen LogP contribution in [0.5, 0.6) is 0 Å². The molecule has 2 aromatic carbocycles. The maximum Gasteiger partial charge on any atom is 0.127 e. The van der Waals surface area contributed by atoms with E-state index in [1.165, 1.54) is 16.5 Å². The zero-order valence-corrected chi connectivity index (χ0v) is 12.9. The van der Waals surface area contributed by atoms with Crippen LogP contribution in [0.4, 0.5) is 4.39 Å². The van der Waals surface area contributed by atoms with E-state index in [9.17, 15) is 4.39 Å². The second kappa shape index (κ2) is 6.36. The Labute approximate surface area is 132 Å². The molecule has 0 saturated heterocycles. The molecule has 0 amide bonds. The van der Waals surface area contributed by atoms with Crippen molar-refractivity contribution in [3.8, 4) is 0 Å². The molecule has 2 atom stereocenters. The number of hydrogen-bond acceptors (Lipinski definition) is 3. The van der Waals surface area contributed by atoms with Gasteiger partial charge in [0.1, 0.15) is 5.82 Å². The van der Waals surface area contributed by atoms with Gasteiger partial charge in [0.15, 0.2) is 0 Å². The molecule has 21 heavy (non-hydrogen) atoms. The van der Waals surface area contributed by atoms with E-state index in [1.807, 2.05) is 23.9 Å². The number of hydrogen-bond donors (Lipinski definition) is 2. The van der Waals surface area contributed by atoms with Gasteiger partial charge in [-0.1, -0.05) is 35.9 Å². The Morgan fingerprint density at radius 2 is 2.10 bits per heavy atom. The van der Waals surface area contributed by atoms with E-state index in [0.29, 0.717) is 17.0 Å². The number of nitrogens with one attached hydrogen (secondary N) is 1. The first-order valence-corrected chi connectivity index (χ1v) is 8.18. The van der Waals surface area contributed by atoms with Gasteiger partial charge in [-0.3, -0.25) is 11.3 Å². The van der Waals surface area contributed by atoms with Gasteiger partial charge >= 0.3 is 0 Å². The molecule has 0 radical (unpaired) electrons. The molecule has 1 heterocycles. The van der Waals surface area contributed by atoms with E-state index in [1.54, 1.807) is 12.1 Å². The Kier molecular flexibility index (Phi) is 4.50. The first kappa shape index (κ1) is 14.9. The van der Waals surface area contributed by atoms with E-state index < -0.39 is 0 Å². The molecule has 0 aromatic heterocycles. The van der Waals surface area contributed by atoms with Gasteiger partial charge in [-0.25, -0.2) is 4.39 Å². The van der Waals surface area contributed by atoms with Gasteiger partial charge in [0, 0.05) is 33.2 Å². The van der Waals surface area contributed by atoms with E-state index in [4.69, 9.17) is 17.4 Å². The van der Waals surface area contributed by atoms with Crippen molar-refractivity contribution in [3.05, 3.63) is 64.4 Å². The molecular weight excluding hydrogens is 307 g/mol. The standard InChI is InChI=1S/C16H16ClFN2S/c17-13-5-3-6-14(18)11(13)8-15(20-19)12-9-21-16-7-2-1-4-10(12)16/h1-7,12,15,20H,8-9,19H2. The molecule has 2 aromatic rings. The summed E-state index contributed by atoms with van der Waals surface area (Å²) in [6, 6.07) is 13.0. The molecule has 0 bridgehead atoms. The summed E-state index contributed by atoms with van der Waals surface area (Å²) in [4.78, 5) is 1.28. The summed E-state index contributed by atoms with van der Waals surface area (Å²) < 4.78 is 14.0. The first-order chi connectivity index (χ1) is 10.2. The maximum absolute atomic E-state index is 14.0. The molecule has 2 unspecified atom stereocenters. The van der Waals surface area contributed by atoms with Crippen LogP contribution >= 0.6 is 23.4 Å². The molecule has 110 valence electrons. The van der Waals surface area contributed by atoms with Crippen LogP contribution in [-0.2, 0) is 6.42 Å². The summed E-state index contributed by atoms with van der Waals surface area (Å²) in [7, 11) is 0. The fourth-order valence-electron chi connectivity index (χ4n) is 2.79. The van der Waals surface area contributed by atoms with Crippen molar-refractivity contribution in [1.29, 1.82) is 0 Å². The zero-order valence-electron chi connectivity index (χ0n) is 11.4. The second-order valence-electron chi connectivity index (χ2n) is 5.13. The third-order valence-corrected chi connectivity index (χ3v) is 5.49. The SMILES string of the molecule is NNC(Cc1c(F)cccc1Cl)C1CSc2ccccc21. The summed E-state index contributed by atoms with van der Waals surface area (Å²) in [6.45, 7) is 0. The Balaban J connectivity index is 1.87. The predicted octanol–water partition coefficient (Wildman–Crippen LogP) is 3.74. The number of thioether (sulfide) groups is 1. The minimum absolute atomic E-state index is 0.0458. The van der Waals surface area contributed by atoms with Crippen molar-refractivity contribution in [2.75, 3.05) is 5.75 Å². The van der Waals surface area contributed by atoms with Crippen LogP contribution in [-0.4, -0.2) is 11.8 Å². The van der Waals surface area contributed by atoms with Crippen molar-refractivity contribution >= 4 is 23.4 Å². The van der Waals surface area contributed by atoms with Gasteiger partial charge in [-0.15, -0.1) is 11.8 Å². The average molecular weight is 323 g/mol. The van der Waals surface area contributed by atoms with Crippen LogP contribution in [0.2, 0.25) is 5.02 Å². The molecule has 1 aliphatic heterocycles. The molecule has 0 fully saturated rings. The Morgan fingerprint density at radius 1 is 1.29 bits per heavy atom. The summed E-state index contributed by atoms with van der Waals surface area (Å²) >= 11 is 7.94. The topological polar surface area (TPSA) is 38.0 Å². The van der Waals surface area contributed by atoms with Crippen LogP contribution < -0.4 is 11.3 Å². The molecule has 0 spiro atoms. The van der Waals surface area contributed by atoms with Crippen LogP contribution in [0.1, 0.15) is 17.0 Å². The fourth-order valence-corrected chi connectivity index (χ4v) is 4.36. The Bertz CT molecular complexity index is 630. The van der Waals surface area contributed by atoms with Crippen LogP contribution in [0, 0.1) is 5.82 Å². The molecule has 5 heteroatoms. The number of hydrazine groups is 1. The van der Waals surface area contributed by atoms with Gasteiger partial charge in [0.05, 0.1) is 0 Å². The lowest BCUT2D eigenvalue weighted by atomic mass is 9.89. The molecule has 3 rings (SSSR count). The van der Waals surface area contributed by atoms with E-state index >= 15 is 0 Å². The van der Waals surface area contributed by atoms with Gasteiger partial charge in [-0.2, -0.15) is 0 Å². The predicted molar refractivity (Wildman–Crippen MR) is 86.1 cm³/mol. The Hall–Kier alpha value is -1.07. The summed E-state index contributed by atoms with van der Waals surface area (Å²) in [5.74, 6) is 6.66. The van der Waals surface area contributed by atoms with Crippen molar-refractivity contribution in [2.24, 2.45) is 5.84 Å². The molecule has 0 saturated carbocycles. The number of fused-ring (bicyclic) bond motifs is 1. The lowest BCUT2D eigenvalue weighted by Crippen LogP contribution is -2.41. The van der Waals surface area contributed by atoms with E-state index in [-0.39, 0.29) is 17.8 Å². The lowest BCUT2D eigenvalue weighted by Gasteiger charge is -2.24. The zero-order chi connectivity index (χ0) is 14.8. The smallest absolute Gasteiger partial charge is 0.127 e. The average Bonchev–Trinajstić information content (AvgIpc) is 2.91. The number of benzene rings is 2. The van der Waals surface area contributed by atoms with Crippen molar-refractivity contribution < 1.29 is 4.39 Å². The van der Waals surface area contributed by atoms with Crippen molar-refractivity contribution in [3.63, 3.8) is 0 Å². The molecule has 1 aliphatic rings. The third-order valence-electron chi connectivity index (χ3n) is 3.92. The lowest BCUT2D eigenvalue weighted by molar-refractivity contribution is 0.454. The molecule has 2 nitrogen and oxygen atoms in total. The largest absolute Gasteiger partial charge is 0.271 e. The summed E-state index contributed by atoms with van der Waals surface area (Å²) in [5.41, 5.74) is 4.65. The third kappa shape index (κ3) is 2.94. The summed E-state index contributed by atoms with van der Waals surface area (Å²) in [6.07, 6.45) is 0.474. The van der Waals surface area contributed by atoms with Crippen LogP contribution in [0.25, 0.3) is 0 Å². The highest BCUT2D eigenvalue weighted by molar-refractivity contribution is 7.99. The van der Waals surface area contributed by atoms with E-state index in [2.05, 4.69) is 17.6 Å². The van der Waals surface area contributed by atoms with Gasteiger partial charge in [0.25, 0.3) is 0 Å². The normalized spacial score (nSPS) is 18.5. The number of nitrogens with two attached hydrogens (primary N) is 1. The van der Waals surface area contributed by atoms with Crippen molar-refractivity contribution in [1.82, 2.24) is 5.43 Å². The van der Waals surface area contributed by atoms with E-state index in [0.717, 1.165) is 5.75 Å². The molecule has 3 N–H and O–H groups in total. The van der Waals surface area contributed by atoms with Gasteiger partial charge in [0.2, 0.25) is 0 Å². The number of halogens is 2. The monoisotopic (exact) mass is 322 g/mol. The Morgan fingerprint density at radius 3 is 2.86 bits per heavy atom. The highest BCUT2D eigenvalue weighted by Crippen LogP contribution is 2.41. The first-order valence-electron chi connectivity index (χ1n) is 6.81. The minimum Gasteiger partial charge on any atom is -0.271 e. The quantitative estimate of drug-likeness (QED) is 0.665. The maximum atomic E-state index is 14.0. The highest BCUT2D eigenvalue weighted by Gasteiger charge is 2.30.